The highest BCUT2D eigenvalue weighted by atomic mass is 16.7. The Morgan fingerprint density at radius 1 is 1.35 bits per heavy atom. The maximum atomic E-state index is 11.6. The SMILES string of the molecule is CCOC(COC(=O)c1c[c]ccc1)OCC. The lowest BCUT2D eigenvalue weighted by atomic mass is 10.2. The first-order valence-electron chi connectivity index (χ1n) is 5.64. The summed E-state index contributed by atoms with van der Waals surface area (Å²) in [6.45, 7) is 4.85. The molecule has 0 aliphatic heterocycles. The van der Waals surface area contributed by atoms with Crippen molar-refractivity contribution >= 4 is 5.97 Å². The molecule has 0 fully saturated rings. The second kappa shape index (κ2) is 7.81. The normalized spacial score (nSPS) is 10.5. The molecule has 1 aromatic carbocycles. The summed E-state index contributed by atoms with van der Waals surface area (Å²) in [5.41, 5.74) is 0.472. The number of ether oxygens (including phenoxy) is 3. The monoisotopic (exact) mass is 237 g/mol. The van der Waals surface area contributed by atoms with Gasteiger partial charge in [-0.15, -0.1) is 0 Å². The molecule has 4 nitrogen and oxygen atoms in total. The number of hydrogen-bond donors (Lipinski definition) is 0. The van der Waals surface area contributed by atoms with Gasteiger partial charge in [0.05, 0.1) is 5.56 Å². The summed E-state index contributed by atoms with van der Waals surface area (Å²) in [7, 11) is 0. The fourth-order valence-corrected chi connectivity index (χ4v) is 1.26. The van der Waals surface area contributed by atoms with Crippen molar-refractivity contribution in [2.24, 2.45) is 0 Å². The highest BCUT2D eigenvalue weighted by molar-refractivity contribution is 5.89. The van der Waals surface area contributed by atoms with E-state index < -0.39 is 12.3 Å². The molecule has 0 aliphatic carbocycles. The number of rotatable bonds is 7. The van der Waals surface area contributed by atoms with E-state index in [9.17, 15) is 4.79 Å². The Labute approximate surface area is 101 Å². The van der Waals surface area contributed by atoms with Gasteiger partial charge in [-0.25, -0.2) is 4.79 Å². The van der Waals surface area contributed by atoms with Gasteiger partial charge in [-0.2, -0.15) is 0 Å². The van der Waals surface area contributed by atoms with Crippen molar-refractivity contribution in [3.8, 4) is 0 Å². The van der Waals surface area contributed by atoms with Crippen LogP contribution >= 0.6 is 0 Å². The van der Waals surface area contributed by atoms with Gasteiger partial charge >= 0.3 is 5.97 Å². The summed E-state index contributed by atoms with van der Waals surface area (Å²) in [6, 6.07) is 9.53. The predicted molar refractivity (Wildman–Crippen MR) is 62.6 cm³/mol. The van der Waals surface area contributed by atoms with Crippen LogP contribution in [-0.2, 0) is 14.2 Å². The first kappa shape index (κ1) is 13.7. The van der Waals surface area contributed by atoms with Gasteiger partial charge in [-0.3, -0.25) is 0 Å². The topological polar surface area (TPSA) is 44.8 Å². The fourth-order valence-electron chi connectivity index (χ4n) is 1.26. The van der Waals surface area contributed by atoms with E-state index in [2.05, 4.69) is 6.07 Å². The molecular weight excluding hydrogens is 220 g/mol. The fraction of sp³-hybridized carbons (Fsp3) is 0.462. The van der Waals surface area contributed by atoms with E-state index >= 15 is 0 Å². The molecule has 0 saturated heterocycles. The van der Waals surface area contributed by atoms with Crippen molar-refractivity contribution < 1.29 is 19.0 Å². The maximum absolute atomic E-state index is 11.6. The van der Waals surface area contributed by atoms with E-state index in [0.717, 1.165) is 0 Å². The molecule has 1 radical (unpaired) electrons. The van der Waals surface area contributed by atoms with Crippen molar-refractivity contribution in [3.05, 3.63) is 35.9 Å². The van der Waals surface area contributed by atoms with Gasteiger partial charge in [0, 0.05) is 13.2 Å². The highest BCUT2D eigenvalue weighted by Gasteiger charge is 2.12. The molecule has 0 aliphatic rings. The maximum Gasteiger partial charge on any atom is 0.338 e. The van der Waals surface area contributed by atoms with Gasteiger partial charge in [0.25, 0.3) is 0 Å². The van der Waals surface area contributed by atoms with Crippen LogP contribution < -0.4 is 0 Å². The van der Waals surface area contributed by atoms with Crippen LogP contribution in [0.5, 0.6) is 0 Å². The van der Waals surface area contributed by atoms with Crippen LogP contribution in [0.25, 0.3) is 0 Å². The second-order valence-electron chi connectivity index (χ2n) is 3.23. The minimum absolute atomic E-state index is 0.0927. The Hall–Kier alpha value is -1.39. The summed E-state index contributed by atoms with van der Waals surface area (Å²) in [4.78, 5) is 11.6. The average Bonchev–Trinajstić information content (AvgIpc) is 2.37. The van der Waals surface area contributed by atoms with Crippen molar-refractivity contribution in [1.82, 2.24) is 0 Å². The molecule has 4 heteroatoms. The molecule has 0 unspecified atom stereocenters. The van der Waals surface area contributed by atoms with Gasteiger partial charge in [-0.05, 0) is 32.0 Å². The zero-order valence-electron chi connectivity index (χ0n) is 10.1. The Morgan fingerprint density at radius 3 is 2.59 bits per heavy atom. The van der Waals surface area contributed by atoms with Crippen molar-refractivity contribution in [2.75, 3.05) is 19.8 Å². The third kappa shape index (κ3) is 4.97. The van der Waals surface area contributed by atoms with Gasteiger partial charge < -0.3 is 14.2 Å². The minimum Gasteiger partial charge on any atom is -0.457 e. The summed E-state index contributed by atoms with van der Waals surface area (Å²) >= 11 is 0. The quantitative estimate of drug-likeness (QED) is 0.537. The lowest BCUT2D eigenvalue weighted by Crippen LogP contribution is -2.25. The molecule has 0 spiro atoms. The molecule has 0 N–H and O–H groups in total. The smallest absolute Gasteiger partial charge is 0.338 e. The molecule has 17 heavy (non-hydrogen) atoms. The zero-order chi connectivity index (χ0) is 12.5. The van der Waals surface area contributed by atoms with E-state index in [1.165, 1.54) is 0 Å². The molecular formula is C13H17O4. The van der Waals surface area contributed by atoms with E-state index in [1.54, 1.807) is 24.3 Å². The summed E-state index contributed by atoms with van der Waals surface area (Å²) in [5, 5.41) is 0. The largest absolute Gasteiger partial charge is 0.457 e. The lowest BCUT2D eigenvalue weighted by Gasteiger charge is -2.16. The molecule has 93 valence electrons. The molecule has 0 saturated carbocycles. The van der Waals surface area contributed by atoms with Gasteiger partial charge in [-0.1, -0.05) is 12.1 Å². The van der Waals surface area contributed by atoms with Gasteiger partial charge in [0.2, 0.25) is 0 Å². The Bertz CT molecular complexity index is 317. The Kier molecular flexibility index (Phi) is 6.29. The Morgan fingerprint density at radius 2 is 2.06 bits per heavy atom. The van der Waals surface area contributed by atoms with Crippen LogP contribution in [-0.4, -0.2) is 32.1 Å². The highest BCUT2D eigenvalue weighted by Crippen LogP contribution is 2.03. The van der Waals surface area contributed by atoms with Gasteiger partial charge in [0.1, 0.15) is 6.61 Å². The van der Waals surface area contributed by atoms with E-state index in [4.69, 9.17) is 14.2 Å². The van der Waals surface area contributed by atoms with Crippen LogP contribution in [0.2, 0.25) is 0 Å². The van der Waals surface area contributed by atoms with Crippen molar-refractivity contribution in [3.63, 3.8) is 0 Å². The van der Waals surface area contributed by atoms with Crippen LogP contribution in [0.1, 0.15) is 24.2 Å². The number of hydrogen-bond acceptors (Lipinski definition) is 4. The van der Waals surface area contributed by atoms with Crippen molar-refractivity contribution in [1.29, 1.82) is 0 Å². The zero-order valence-corrected chi connectivity index (χ0v) is 10.1. The average molecular weight is 237 g/mol. The lowest BCUT2D eigenvalue weighted by molar-refractivity contribution is -0.158. The molecule has 0 bridgehead atoms. The predicted octanol–water partition coefficient (Wildman–Crippen LogP) is 2.04. The molecule has 1 aromatic rings. The van der Waals surface area contributed by atoms with E-state index in [1.807, 2.05) is 13.8 Å². The molecule has 1 rings (SSSR count). The second-order valence-corrected chi connectivity index (χ2v) is 3.23. The summed E-state index contributed by atoms with van der Waals surface area (Å²) in [6.07, 6.45) is -0.498. The minimum atomic E-state index is -0.498. The molecule has 0 aromatic heterocycles. The van der Waals surface area contributed by atoms with Crippen LogP contribution in [0.3, 0.4) is 0 Å². The summed E-state index contributed by atoms with van der Waals surface area (Å²) in [5.74, 6) is -0.397. The standard InChI is InChI=1S/C13H17O4/c1-3-15-12(16-4-2)10-17-13(14)11-8-6-5-7-9-11/h5-6,8-9,12H,3-4,10H2,1-2H3. The molecule has 0 amide bonds. The van der Waals surface area contributed by atoms with Gasteiger partial charge in [0.15, 0.2) is 6.29 Å². The summed E-state index contributed by atoms with van der Waals surface area (Å²) < 4.78 is 15.6. The van der Waals surface area contributed by atoms with Crippen LogP contribution in [0.4, 0.5) is 0 Å². The number of esters is 1. The number of benzene rings is 1. The van der Waals surface area contributed by atoms with E-state index in [0.29, 0.717) is 18.8 Å². The number of carbonyl (C=O) groups excluding carboxylic acids is 1. The van der Waals surface area contributed by atoms with Crippen LogP contribution in [0, 0.1) is 6.07 Å². The number of carbonyl (C=O) groups is 1. The Balaban J connectivity index is 2.41. The third-order valence-electron chi connectivity index (χ3n) is 2.00. The molecule has 0 heterocycles. The van der Waals surface area contributed by atoms with Crippen LogP contribution in [0.15, 0.2) is 24.3 Å². The van der Waals surface area contributed by atoms with Crippen molar-refractivity contribution in [2.45, 2.75) is 20.1 Å². The first-order chi connectivity index (χ1) is 8.27. The van der Waals surface area contributed by atoms with E-state index in [-0.39, 0.29) is 6.61 Å². The molecule has 0 atom stereocenters. The first-order valence-corrected chi connectivity index (χ1v) is 5.64. The third-order valence-corrected chi connectivity index (χ3v) is 2.00.